The minimum absolute atomic E-state index is 0.140. The molecule has 1 amide bonds. The first-order chi connectivity index (χ1) is 13.6. The molecule has 1 saturated heterocycles. The molecule has 0 aromatic heterocycles. The minimum Gasteiger partial charge on any atom is -0.494 e. The quantitative estimate of drug-likeness (QED) is 0.809. The summed E-state index contributed by atoms with van der Waals surface area (Å²) in [6, 6.07) is 10.3. The fraction of sp³-hybridized carbons (Fsp3) is 0.381. The third-order valence-electron chi connectivity index (χ3n) is 5.07. The SMILES string of the molecule is COc1ccc(C(=O)N2CCN(Cc3ccc4c(c3)OCCO4)CC2)cc1F. The van der Waals surface area contributed by atoms with Crippen molar-refractivity contribution < 1.29 is 23.4 Å². The van der Waals surface area contributed by atoms with Crippen molar-refractivity contribution in [1.82, 2.24) is 9.80 Å². The number of halogens is 1. The predicted molar refractivity (Wildman–Crippen MR) is 102 cm³/mol. The standard InChI is InChI=1S/C21H23FN2O4/c1-26-18-5-3-16(13-17(18)22)21(25)24-8-6-23(7-9-24)14-15-2-4-19-20(12-15)28-11-10-27-19/h2-5,12-13H,6-11,14H2,1H3. The Morgan fingerprint density at radius 3 is 2.50 bits per heavy atom. The summed E-state index contributed by atoms with van der Waals surface area (Å²) in [6.07, 6.45) is 0. The summed E-state index contributed by atoms with van der Waals surface area (Å²) < 4.78 is 30.0. The Bertz CT molecular complexity index is 865. The maximum absolute atomic E-state index is 13.9. The van der Waals surface area contributed by atoms with Crippen LogP contribution in [0.3, 0.4) is 0 Å². The van der Waals surface area contributed by atoms with Crippen molar-refractivity contribution in [2.75, 3.05) is 46.5 Å². The second kappa shape index (κ2) is 8.06. The molecule has 2 aliphatic rings. The molecule has 0 bridgehead atoms. The molecule has 1 fully saturated rings. The van der Waals surface area contributed by atoms with Crippen LogP contribution >= 0.6 is 0 Å². The van der Waals surface area contributed by atoms with E-state index in [1.165, 1.54) is 19.2 Å². The van der Waals surface area contributed by atoms with Gasteiger partial charge in [-0.05, 0) is 35.9 Å². The maximum atomic E-state index is 13.9. The lowest BCUT2D eigenvalue weighted by molar-refractivity contribution is 0.0627. The lowest BCUT2D eigenvalue weighted by atomic mass is 10.1. The lowest BCUT2D eigenvalue weighted by Gasteiger charge is -2.35. The summed E-state index contributed by atoms with van der Waals surface area (Å²) in [5.74, 6) is 1.04. The van der Waals surface area contributed by atoms with Crippen LogP contribution in [0.2, 0.25) is 0 Å². The topological polar surface area (TPSA) is 51.2 Å². The lowest BCUT2D eigenvalue weighted by Crippen LogP contribution is -2.48. The molecule has 0 unspecified atom stereocenters. The van der Waals surface area contributed by atoms with Gasteiger partial charge in [0.05, 0.1) is 7.11 Å². The highest BCUT2D eigenvalue weighted by molar-refractivity contribution is 5.94. The van der Waals surface area contributed by atoms with Crippen molar-refractivity contribution in [2.24, 2.45) is 0 Å². The number of benzene rings is 2. The van der Waals surface area contributed by atoms with Crippen molar-refractivity contribution in [3.63, 3.8) is 0 Å². The van der Waals surface area contributed by atoms with E-state index in [1.54, 1.807) is 11.0 Å². The minimum atomic E-state index is -0.523. The van der Waals surface area contributed by atoms with E-state index in [4.69, 9.17) is 14.2 Å². The Morgan fingerprint density at radius 2 is 1.79 bits per heavy atom. The molecule has 2 aromatic carbocycles. The van der Waals surface area contributed by atoms with Gasteiger partial charge in [-0.2, -0.15) is 0 Å². The van der Waals surface area contributed by atoms with Gasteiger partial charge in [-0.3, -0.25) is 9.69 Å². The molecular formula is C21H23FN2O4. The van der Waals surface area contributed by atoms with Crippen LogP contribution in [0, 0.1) is 5.82 Å². The Kier molecular flexibility index (Phi) is 5.34. The van der Waals surface area contributed by atoms with Crippen molar-refractivity contribution in [1.29, 1.82) is 0 Å². The number of carbonyl (C=O) groups excluding carboxylic acids is 1. The zero-order valence-corrected chi connectivity index (χ0v) is 15.8. The van der Waals surface area contributed by atoms with Crippen LogP contribution in [0.4, 0.5) is 4.39 Å². The number of piperazine rings is 1. The van der Waals surface area contributed by atoms with Crippen LogP contribution < -0.4 is 14.2 Å². The molecule has 2 aliphatic heterocycles. The van der Waals surface area contributed by atoms with E-state index < -0.39 is 5.82 Å². The first-order valence-corrected chi connectivity index (χ1v) is 9.38. The number of methoxy groups -OCH3 is 1. The Balaban J connectivity index is 1.34. The third-order valence-corrected chi connectivity index (χ3v) is 5.07. The molecule has 28 heavy (non-hydrogen) atoms. The highest BCUT2D eigenvalue weighted by Crippen LogP contribution is 2.31. The molecule has 2 heterocycles. The maximum Gasteiger partial charge on any atom is 0.254 e. The number of ether oxygens (including phenoxy) is 3. The molecule has 148 valence electrons. The monoisotopic (exact) mass is 386 g/mol. The van der Waals surface area contributed by atoms with E-state index in [0.29, 0.717) is 31.9 Å². The number of fused-ring (bicyclic) bond motifs is 1. The van der Waals surface area contributed by atoms with Gasteiger partial charge < -0.3 is 19.1 Å². The molecule has 0 saturated carbocycles. The number of rotatable bonds is 4. The van der Waals surface area contributed by atoms with Crippen molar-refractivity contribution in [3.05, 3.63) is 53.3 Å². The van der Waals surface area contributed by atoms with Crippen LogP contribution in [-0.4, -0.2) is 62.2 Å². The average molecular weight is 386 g/mol. The summed E-state index contributed by atoms with van der Waals surface area (Å²) >= 11 is 0. The average Bonchev–Trinajstić information content (AvgIpc) is 2.73. The molecule has 0 aliphatic carbocycles. The summed E-state index contributed by atoms with van der Waals surface area (Å²) in [5, 5.41) is 0. The van der Waals surface area contributed by atoms with Gasteiger partial charge in [-0.25, -0.2) is 4.39 Å². The number of nitrogens with zero attached hydrogens (tertiary/aromatic N) is 2. The fourth-order valence-corrected chi connectivity index (χ4v) is 3.54. The van der Waals surface area contributed by atoms with E-state index in [9.17, 15) is 9.18 Å². The van der Waals surface area contributed by atoms with Crippen LogP contribution in [0.15, 0.2) is 36.4 Å². The highest BCUT2D eigenvalue weighted by atomic mass is 19.1. The molecule has 2 aromatic rings. The van der Waals surface area contributed by atoms with E-state index >= 15 is 0 Å². The molecule has 6 nitrogen and oxygen atoms in total. The zero-order valence-electron chi connectivity index (χ0n) is 15.8. The van der Waals surface area contributed by atoms with Gasteiger partial charge in [-0.1, -0.05) is 6.07 Å². The number of amides is 1. The van der Waals surface area contributed by atoms with E-state index in [0.717, 1.165) is 36.7 Å². The smallest absolute Gasteiger partial charge is 0.254 e. The molecule has 0 atom stereocenters. The molecule has 0 radical (unpaired) electrons. The van der Waals surface area contributed by atoms with Crippen molar-refractivity contribution >= 4 is 5.91 Å². The summed E-state index contributed by atoms with van der Waals surface area (Å²) in [6.45, 7) is 4.69. The number of carbonyl (C=O) groups is 1. The highest BCUT2D eigenvalue weighted by Gasteiger charge is 2.23. The van der Waals surface area contributed by atoms with Crippen LogP contribution in [0.5, 0.6) is 17.2 Å². The van der Waals surface area contributed by atoms with Gasteiger partial charge in [-0.15, -0.1) is 0 Å². The summed E-state index contributed by atoms with van der Waals surface area (Å²) in [4.78, 5) is 16.7. The first-order valence-electron chi connectivity index (χ1n) is 9.38. The zero-order chi connectivity index (χ0) is 19.5. The summed E-state index contributed by atoms with van der Waals surface area (Å²) in [7, 11) is 1.40. The van der Waals surface area contributed by atoms with Crippen molar-refractivity contribution in [2.45, 2.75) is 6.54 Å². The van der Waals surface area contributed by atoms with Gasteiger partial charge >= 0.3 is 0 Å². The van der Waals surface area contributed by atoms with E-state index in [1.807, 2.05) is 18.2 Å². The fourth-order valence-electron chi connectivity index (χ4n) is 3.54. The second-order valence-electron chi connectivity index (χ2n) is 6.90. The third kappa shape index (κ3) is 3.89. The van der Waals surface area contributed by atoms with Crippen LogP contribution in [0.1, 0.15) is 15.9 Å². The predicted octanol–water partition coefficient (Wildman–Crippen LogP) is 2.56. The van der Waals surface area contributed by atoms with Gasteiger partial charge in [0.1, 0.15) is 13.2 Å². The van der Waals surface area contributed by atoms with Gasteiger partial charge in [0, 0.05) is 38.3 Å². The molecule has 0 N–H and O–H groups in total. The van der Waals surface area contributed by atoms with Gasteiger partial charge in [0.25, 0.3) is 5.91 Å². The van der Waals surface area contributed by atoms with Crippen molar-refractivity contribution in [3.8, 4) is 17.2 Å². The normalized spacial score (nSPS) is 16.7. The van der Waals surface area contributed by atoms with Gasteiger partial charge in [0.15, 0.2) is 23.1 Å². The largest absolute Gasteiger partial charge is 0.494 e. The number of hydrogen-bond donors (Lipinski definition) is 0. The Labute approximate surface area is 163 Å². The number of hydrogen-bond acceptors (Lipinski definition) is 5. The Morgan fingerprint density at radius 1 is 1.04 bits per heavy atom. The molecule has 7 heteroatoms. The summed E-state index contributed by atoms with van der Waals surface area (Å²) in [5.41, 5.74) is 1.50. The molecule has 0 spiro atoms. The molecular weight excluding hydrogens is 363 g/mol. The van der Waals surface area contributed by atoms with Gasteiger partial charge in [0.2, 0.25) is 0 Å². The first kappa shape index (κ1) is 18.6. The molecule has 4 rings (SSSR count). The Hall–Kier alpha value is -2.80. The van der Waals surface area contributed by atoms with Crippen LogP contribution in [0.25, 0.3) is 0 Å². The second-order valence-corrected chi connectivity index (χ2v) is 6.90. The van der Waals surface area contributed by atoms with E-state index in [2.05, 4.69) is 4.90 Å². The van der Waals surface area contributed by atoms with Crippen LogP contribution in [-0.2, 0) is 6.54 Å². The van der Waals surface area contributed by atoms with E-state index in [-0.39, 0.29) is 11.7 Å².